The smallest absolute Gasteiger partial charge is 0.243 e. The van der Waals surface area contributed by atoms with Crippen molar-refractivity contribution in [3.63, 3.8) is 0 Å². The molecule has 0 saturated carbocycles. The Morgan fingerprint density at radius 1 is 1.31 bits per heavy atom. The predicted molar refractivity (Wildman–Crippen MR) is 87.9 cm³/mol. The Labute approximate surface area is 148 Å². The first kappa shape index (κ1) is 16.3. The third kappa shape index (κ3) is 3.57. The number of rotatable bonds is 6. The molecule has 0 radical (unpaired) electrons. The molecule has 2 aromatic heterocycles. The van der Waals surface area contributed by atoms with E-state index in [9.17, 15) is 4.79 Å². The Morgan fingerprint density at radius 3 is 3.04 bits per heavy atom. The van der Waals surface area contributed by atoms with Gasteiger partial charge in [0.15, 0.2) is 0 Å². The monoisotopic (exact) mass is 355 g/mol. The van der Waals surface area contributed by atoms with E-state index in [0.717, 1.165) is 25.1 Å². The number of hydrogen-bond acceptors (Lipinski definition) is 8. The molecule has 26 heavy (non-hydrogen) atoms. The molecule has 1 aliphatic rings. The quantitative estimate of drug-likeness (QED) is 0.634. The Hall–Kier alpha value is -3.21. The summed E-state index contributed by atoms with van der Waals surface area (Å²) in [5, 5.41) is 26.3. The van der Waals surface area contributed by atoms with Gasteiger partial charge in [-0.2, -0.15) is 9.48 Å². The normalized spacial score (nSPS) is 16.7. The number of aromatic nitrogens is 8. The molecule has 1 N–H and O–H groups in total. The highest BCUT2D eigenvalue weighted by atomic mass is 16.5. The summed E-state index contributed by atoms with van der Waals surface area (Å²) in [5.41, 5.74) is 1.44. The van der Waals surface area contributed by atoms with Gasteiger partial charge >= 0.3 is 0 Å². The highest BCUT2D eigenvalue weighted by molar-refractivity contribution is 5.75. The average Bonchev–Trinajstić information content (AvgIpc) is 3.42. The minimum absolute atomic E-state index is 0.00717. The molecule has 3 aromatic rings. The highest BCUT2D eigenvalue weighted by Gasteiger charge is 2.17. The summed E-state index contributed by atoms with van der Waals surface area (Å²) in [6, 6.07) is 7.41. The van der Waals surface area contributed by atoms with Gasteiger partial charge in [-0.15, -0.1) is 15.3 Å². The van der Waals surface area contributed by atoms with Gasteiger partial charge in [-0.3, -0.25) is 4.79 Å². The zero-order valence-corrected chi connectivity index (χ0v) is 13.9. The van der Waals surface area contributed by atoms with Crippen LogP contribution in [0.25, 0.3) is 17.1 Å². The molecule has 1 fully saturated rings. The topological polar surface area (TPSA) is 126 Å². The SMILES string of the molecule is O=C(Cn1nnc(-c2ccccc2-n2cnnn2)n1)NCC1CCCO1. The van der Waals surface area contributed by atoms with E-state index in [1.807, 2.05) is 24.3 Å². The molecule has 1 aromatic carbocycles. The number of nitrogens with one attached hydrogen (secondary N) is 1. The Bertz CT molecular complexity index is 871. The van der Waals surface area contributed by atoms with Crippen molar-refractivity contribution >= 4 is 5.91 Å². The Balaban J connectivity index is 1.44. The van der Waals surface area contributed by atoms with Gasteiger partial charge in [-0.05, 0) is 40.6 Å². The Kier molecular flexibility index (Phi) is 4.60. The summed E-state index contributed by atoms with van der Waals surface area (Å²) in [6.07, 6.45) is 3.60. The number of amides is 1. The molecule has 134 valence electrons. The van der Waals surface area contributed by atoms with Gasteiger partial charge in [0.25, 0.3) is 0 Å². The number of hydrogen-bond donors (Lipinski definition) is 1. The molecule has 1 unspecified atom stereocenters. The molecule has 4 rings (SSSR count). The summed E-state index contributed by atoms with van der Waals surface area (Å²) >= 11 is 0. The maximum Gasteiger partial charge on any atom is 0.243 e. The van der Waals surface area contributed by atoms with Crippen LogP contribution in [0.3, 0.4) is 0 Å². The lowest BCUT2D eigenvalue weighted by Crippen LogP contribution is -2.34. The van der Waals surface area contributed by atoms with Crippen molar-refractivity contribution in [1.29, 1.82) is 0 Å². The summed E-state index contributed by atoms with van der Waals surface area (Å²) in [4.78, 5) is 13.3. The fourth-order valence-corrected chi connectivity index (χ4v) is 2.77. The molecule has 1 aliphatic heterocycles. The van der Waals surface area contributed by atoms with Crippen molar-refractivity contribution in [2.24, 2.45) is 0 Å². The molecule has 1 atom stereocenters. The van der Waals surface area contributed by atoms with Crippen LogP contribution in [0.5, 0.6) is 0 Å². The number of para-hydroxylation sites is 1. The fourth-order valence-electron chi connectivity index (χ4n) is 2.77. The van der Waals surface area contributed by atoms with Crippen molar-refractivity contribution in [1.82, 2.24) is 45.7 Å². The van der Waals surface area contributed by atoms with Crippen molar-refractivity contribution in [2.45, 2.75) is 25.5 Å². The predicted octanol–water partition coefficient (Wildman–Crippen LogP) is -0.389. The van der Waals surface area contributed by atoms with Gasteiger partial charge in [-0.25, -0.2) is 0 Å². The standard InChI is InChI=1S/C15H17N9O2/c25-14(16-8-11-4-3-7-26-11)9-24-19-15(18-21-24)12-5-1-2-6-13(12)23-10-17-20-22-23/h1-2,5-6,10-11H,3-4,7-9H2,(H,16,25). The van der Waals surface area contributed by atoms with E-state index in [-0.39, 0.29) is 18.6 Å². The first-order chi connectivity index (χ1) is 12.8. The van der Waals surface area contributed by atoms with E-state index in [0.29, 0.717) is 17.9 Å². The van der Waals surface area contributed by atoms with E-state index in [4.69, 9.17) is 4.74 Å². The van der Waals surface area contributed by atoms with Crippen LogP contribution in [0.2, 0.25) is 0 Å². The molecule has 1 amide bonds. The van der Waals surface area contributed by atoms with E-state index in [2.05, 4.69) is 36.3 Å². The summed E-state index contributed by atoms with van der Waals surface area (Å²) < 4.78 is 7.00. The molecule has 1 saturated heterocycles. The zero-order chi connectivity index (χ0) is 17.8. The van der Waals surface area contributed by atoms with Crippen molar-refractivity contribution in [2.75, 3.05) is 13.2 Å². The molecule has 11 heteroatoms. The zero-order valence-electron chi connectivity index (χ0n) is 13.9. The molecule has 0 bridgehead atoms. The average molecular weight is 355 g/mol. The van der Waals surface area contributed by atoms with Crippen molar-refractivity contribution < 1.29 is 9.53 Å². The number of ether oxygens (including phenoxy) is 1. The third-order valence-corrected chi connectivity index (χ3v) is 4.03. The van der Waals surface area contributed by atoms with Crippen LogP contribution in [-0.2, 0) is 16.1 Å². The van der Waals surface area contributed by atoms with Crippen LogP contribution >= 0.6 is 0 Å². The molecule has 11 nitrogen and oxygen atoms in total. The first-order valence-electron chi connectivity index (χ1n) is 8.28. The molecular weight excluding hydrogens is 338 g/mol. The van der Waals surface area contributed by atoms with Gasteiger partial charge in [0.05, 0.1) is 11.8 Å². The Morgan fingerprint density at radius 2 is 2.23 bits per heavy atom. The number of carbonyl (C=O) groups is 1. The van der Waals surface area contributed by atoms with E-state index in [1.54, 1.807) is 0 Å². The van der Waals surface area contributed by atoms with Crippen LogP contribution in [0.15, 0.2) is 30.6 Å². The largest absolute Gasteiger partial charge is 0.376 e. The second-order valence-electron chi connectivity index (χ2n) is 5.85. The molecule has 0 aliphatic carbocycles. The van der Waals surface area contributed by atoms with Crippen LogP contribution in [0, 0.1) is 0 Å². The lowest BCUT2D eigenvalue weighted by Gasteiger charge is -2.10. The highest BCUT2D eigenvalue weighted by Crippen LogP contribution is 2.21. The minimum atomic E-state index is -0.182. The number of benzene rings is 1. The van der Waals surface area contributed by atoms with Crippen LogP contribution in [-0.4, -0.2) is 65.6 Å². The van der Waals surface area contributed by atoms with Gasteiger partial charge in [0.2, 0.25) is 11.7 Å². The number of tetrazole rings is 2. The van der Waals surface area contributed by atoms with Crippen molar-refractivity contribution in [3.8, 4) is 17.1 Å². The first-order valence-corrected chi connectivity index (χ1v) is 8.28. The second kappa shape index (κ2) is 7.35. The maximum atomic E-state index is 12.0. The van der Waals surface area contributed by atoms with Gasteiger partial charge in [0, 0.05) is 18.7 Å². The maximum absolute atomic E-state index is 12.0. The third-order valence-electron chi connectivity index (χ3n) is 4.03. The van der Waals surface area contributed by atoms with Crippen LogP contribution < -0.4 is 5.32 Å². The molecule has 3 heterocycles. The van der Waals surface area contributed by atoms with E-state index in [1.165, 1.54) is 15.8 Å². The molecule has 0 spiro atoms. The number of nitrogens with zero attached hydrogens (tertiary/aromatic N) is 8. The van der Waals surface area contributed by atoms with Gasteiger partial charge < -0.3 is 10.1 Å². The minimum Gasteiger partial charge on any atom is -0.376 e. The van der Waals surface area contributed by atoms with Crippen LogP contribution in [0.1, 0.15) is 12.8 Å². The lowest BCUT2D eigenvalue weighted by molar-refractivity contribution is -0.122. The number of carbonyl (C=O) groups excluding carboxylic acids is 1. The fraction of sp³-hybridized carbons (Fsp3) is 0.400. The molecular formula is C15H17N9O2. The van der Waals surface area contributed by atoms with E-state index >= 15 is 0 Å². The van der Waals surface area contributed by atoms with Crippen LogP contribution in [0.4, 0.5) is 0 Å². The summed E-state index contributed by atoms with van der Waals surface area (Å²) in [6.45, 7) is 1.25. The summed E-state index contributed by atoms with van der Waals surface area (Å²) in [7, 11) is 0. The lowest BCUT2D eigenvalue weighted by atomic mass is 10.1. The second-order valence-corrected chi connectivity index (χ2v) is 5.85. The van der Waals surface area contributed by atoms with Gasteiger partial charge in [0.1, 0.15) is 12.9 Å². The van der Waals surface area contributed by atoms with E-state index < -0.39 is 0 Å². The summed E-state index contributed by atoms with van der Waals surface area (Å²) in [5.74, 6) is 0.209. The van der Waals surface area contributed by atoms with Gasteiger partial charge in [-0.1, -0.05) is 12.1 Å². The van der Waals surface area contributed by atoms with Crippen molar-refractivity contribution in [3.05, 3.63) is 30.6 Å².